The summed E-state index contributed by atoms with van der Waals surface area (Å²) in [6, 6.07) is 10.6. The van der Waals surface area contributed by atoms with Crippen molar-refractivity contribution in [3.05, 3.63) is 63.7 Å². The predicted molar refractivity (Wildman–Crippen MR) is 107 cm³/mol. The molecule has 0 amide bonds. The molecule has 1 atom stereocenters. The fourth-order valence-corrected chi connectivity index (χ4v) is 3.48. The van der Waals surface area contributed by atoms with Crippen LogP contribution in [0.5, 0.6) is 0 Å². The van der Waals surface area contributed by atoms with Crippen LogP contribution < -0.4 is 10.7 Å². The van der Waals surface area contributed by atoms with Gasteiger partial charge in [0.15, 0.2) is 5.58 Å². The fraction of sp³-hybridized carbons (Fsp3) is 0.105. The third kappa shape index (κ3) is 3.41. The van der Waals surface area contributed by atoms with Gasteiger partial charge in [0.05, 0.1) is 16.0 Å². The van der Waals surface area contributed by atoms with Crippen molar-refractivity contribution < 1.29 is 13.0 Å². The summed E-state index contributed by atoms with van der Waals surface area (Å²) in [5.41, 5.74) is 1.40. The summed E-state index contributed by atoms with van der Waals surface area (Å²) in [6.45, 7) is 4.00. The number of pyridine rings is 1. The first-order valence-electron chi connectivity index (χ1n) is 8.16. The Kier molecular flexibility index (Phi) is 5.46. The van der Waals surface area contributed by atoms with Gasteiger partial charge in [-0.05, 0) is 35.9 Å². The predicted octanol–water partition coefficient (Wildman–Crippen LogP) is 4.74. The molecule has 2 aromatic heterocycles. The van der Waals surface area contributed by atoms with Crippen LogP contribution >= 0.6 is 11.6 Å². The average Bonchev–Trinajstić information content (AvgIpc) is 3.01. The van der Waals surface area contributed by atoms with Gasteiger partial charge >= 0.3 is 0 Å². The number of aromatic nitrogens is 1. The number of hydrogen-bond acceptors (Lipinski definition) is 3. The van der Waals surface area contributed by atoms with Gasteiger partial charge in [-0.1, -0.05) is 37.6 Å². The number of hydrogen-bond donors (Lipinski definition) is 2. The number of benzene rings is 2. The van der Waals surface area contributed by atoms with Crippen LogP contribution in [0.4, 0.5) is 4.39 Å². The van der Waals surface area contributed by atoms with Crippen LogP contribution in [-0.4, -0.2) is 9.19 Å². The van der Waals surface area contributed by atoms with Crippen LogP contribution in [0.3, 0.4) is 0 Å². The van der Waals surface area contributed by atoms with Gasteiger partial charge in [0.25, 0.3) is 5.56 Å². The second-order valence-corrected chi connectivity index (χ2v) is 6.86. The lowest BCUT2D eigenvalue weighted by Gasteiger charge is -2.06. The normalized spacial score (nSPS) is 12.0. The van der Waals surface area contributed by atoms with Gasteiger partial charge in [-0.25, -0.2) is 13.7 Å². The Morgan fingerprint density at radius 1 is 1.19 bits per heavy atom. The first-order chi connectivity index (χ1) is 13.0. The number of H-pyrrole nitrogens is 1. The van der Waals surface area contributed by atoms with Crippen molar-refractivity contribution in [2.75, 3.05) is 0 Å². The maximum atomic E-state index is 13.6. The van der Waals surface area contributed by atoms with Crippen LogP contribution in [-0.2, 0) is 11.0 Å². The molecule has 0 aliphatic rings. The second kappa shape index (κ2) is 7.64. The minimum Gasteiger partial charge on any atom is -0.454 e. The highest BCUT2D eigenvalue weighted by atomic mass is 35.5. The molecule has 1 unspecified atom stereocenters. The zero-order chi connectivity index (χ0) is 19.7. The van der Waals surface area contributed by atoms with E-state index in [1.54, 1.807) is 24.3 Å². The smallest absolute Gasteiger partial charge is 0.268 e. The highest BCUT2D eigenvalue weighted by Gasteiger charge is 2.19. The van der Waals surface area contributed by atoms with Gasteiger partial charge in [0, 0.05) is 5.39 Å². The number of nitrogens with one attached hydrogen (secondary N) is 1. The maximum absolute atomic E-state index is 13.6. The Hall–Kier alpha value is -2.48. The summed E-state index contributed by atoms with van der Waals surface area (Å²) in [4.78, 5) is 15.3. The molecule has 5 nitrogen and oxygen atoms in total. The molecule has 4 aromatic rings. The van der Waals surface area contributed by atoms with Crippen molar-refractivity contribution in [1.29, 1.82) is 0 Å². The van der Waals surface area contributed by atoms with Gasteiger partial charge < -0.3 is 9.40 Å². The van der Waals surface area contributed by atoms with Crippen LogP contribution in [0.25, 0.3) is 33.2 Å². The van der Waals surface area contributed by atoms with Crippen molar-refractivity contribution in [1.82, 2.24) is 4.98 Å². The summed E-state index contributed by atoms with van der Waals surface area (Å²) in [7, 11) is -1.69. The minimum atomic E-state index is -1.69. The van der Waals surface area contributed by atoms with E-state index >= 15 is 0 Å². The van der Waals surface area contributed by atoms with Crippen LogP contribution in [0.15, 0.2) is 56.6 Å². The summed E-state index contributed by atoms with van der Waals surface area (Å²) in [5.74, 6) is -0.451. The molecule has 0 fully saturated rings. The molecule has 0 saturated carbocycles. The van der Waals surface area contributed by atoms with Crippen molar-refractivity contribution >= 4 is 44.7 Å². The standard InChI is InChI=1S/C17H10ClFN2O3S.C2H6/c18-14-13(8-2-1-3-10(6-8)25(20)23)16-15(21-17(14)22)11-7-9(19)4-5-12(11)24-16;1-2/h1-7H,20H2,(H,21,22);1-2H3. The van der Waals surface area contributed by atoms with Gasteiger partial charge in [-0.3, -0.25) is 4.79 Å². The van der Waals surface area contributed by atoms with E-state index in [0.717, 1.165) is 0 Å². The van der Waals surface area contributed by atoms with Gasteiger partial charge in [0.2, 0.25) is 0 Å². The third-order valence-electron chi connectivity index (χ3n) is 3.89. The highest BCUT2D eigenvalue weighted by Crippen LogP contribution is 2.37. The zero-order valence-corrected chi connectivity index (χ0v) is 16.1. The van der Waals surface area contributed by atoms with E-state index in [1.807, 2.05) is 13.8 Å². The zero-order valence-electron chi connectivity index (χ0n) is 14.5. The Bertz CT molecular complexity index is 1230. The Balaban J connectivity index is 0.00000102. The molecule has 0 aliphatic heterocycles. The molecule has 0 bridgehead atoms. The topological polar surface area (TPSA) is 89.1 Å². The molecule has 4 rings (SSSR count). The van der Waals surface area contributed by atoms with E-state index in [4.69, 9.17) is 21.2 Å². The molecular weight excluding hydrogens is 391 g/mol. The Labute approximate surface area is 161 Å². The monoisotopic (exact) mass is 406 g/mol. The molecule has 0 aliphatic carbocycles. The molecule has 0 saturated heterocycles. The maximum Gasteiger partial charge on any atom is 0.268 e. The lowest BCUT2D eigenvalue weighted by Crippen LogP contribution is -2.08. The summed E-state index contributed by atoms with van der Waals surface area (Å²) in [5, 5.41) is 5.78. The quantitative estimate of drug-likeness (QED) is 0.503. The first kappa shape index (κ1) is 19.3. The van der Waals surface area contributed by atoms with Crippen LogP contribution in [0.2, 0.25) is 5.02 Å². The molecule has 0 radical (unpaired) electrons. The van der Waals surface area contributed by atoms with Crippen molar-refractivity contribution in [3.63, 3.8) is 0 Å². The summed E-state index contributed by atoms with van der Waals surface area (Å²) >= 11 is 6.21. The fourth-order valence-electron chi connectivity index (χ4n) is 2.79. The first-order valence-corrected chi connectivity index (χ1v) is 9.75. The number of nitrogens with two attached hydrogens (primary N) is 1. The number of aromatic amines is 1. The SMILES string of the molecule is CC.NS(=O)c1cccc(-c2c(Cl)c(=O)[nH]c3c2oc2ccc(F)cc23)c1. The molecule has 2 aromatic carbocycles. The van der Waals surface area contributed by atoms with Crippen molar-refractivity contribution in [2.24, 2.45) is 5.14 Å². The molecule has 0 spiro atoms. The second-order valence-electron chi connectivity index (χ2n) is 5.42. The molecule has 3 N–H and O–H groups in total. The van der Waals surface area contributed by atoms with Crippen molar-refractivity contribution in [3.8, 4) is 11.1 Å². The van der Waals surface area contributed by atoms with E-state index in [0.29, 0.717) is 38.1 Å². The lowest BCUT2D eigenvalue weighted by molar-refractivity contribution is 0.626. The Morgan fingerprint density at radius 2 is 1.93 bits per heavy atom. The van der Waals surface area contributed by atoms with Crippen molar-refractivity contribution in [2.45, 2.75) is 18.7 Å². The van der Waals surface area contributed by atoms with E-state index < -0.39 is 22.4 Å². The van der Waals surface area contributed by atoms with E-state index in [9.17, 15) is 13.4 Å². The van der Waals surface area contributed by atoms with Crippen LogP contribution in [0.1, 0.15) is 13.8 Å². The summed E-state index contributed by atoms with van der Waals surface area (Å²) in [6.07, 6.45) is 0. The molecule has 140 valence electrons. The number of furan rings is 1. The highest BCUT2D eigenvalue weighted by molar-refractivity contribution is 7.82. The third-order valence-corrected chi connectivity index (χ3v) is 4.97. The van der Waals surface area contributed by atoms with E-state index in [-0.39, 0.29) is 5.02 Å². The summed E-state index contributed by atoms with van der Waals surface area (Å²) < 4.78 is 30.9. The Morgan fingerprint density at radius 3 is 2.63 bits per heavy atom. The van der Waals surface area contributed by atoms with Crippen LogP contribution in [0, 0.1) is 5.82 Å². The number of fused-ring (bicyclic) bond motifs is 3. The molecular formula is C19H16ClFN2O3S. The number of halogens is 2. The lowest BCUT2D eigenvalue weighted by atomic mass is 10.1. The minimum absolute atomic E-state index is 0.0769. The number of rotatable bonds is 2. The molecule has 2 heterocycles. The van der Waals surface area contributed by atoms with Gasteiger partial charge in [-0.2, -0.15) is 0 Å². The van der Waals surface area contributed by atoms with Gasteiger partial charge in [-0.15, -0.1) is 0 Å². The largest absolute Gasteiger partial charge is 0.454 e. The van der Waals surface area contributed by atoms with E-state index in [1.165, 1.54) is 18.2 Å². The van der Waals surface area contributed by atoms with E-state index in [2.05, 4.69) is 4.98 Å². The molecule has 27 heavy (non-hydrogen) atoms. The molecule has 8 heteroatoms. The van der Waals surface area contributed by atoms with Gasteiger partial charge in [0.1, 0.15) is 27.4 Å². The average molecular weight is 407 g/mol.